The van der Waals surface area contributed by atoms with E-state index in [1.54, 1.807) is 0 Å². The fourth-order valence-electron chi connectivity index (χ4n) is 2.30. The molecule has 1 aliphatic rings. The molecule has 0 saturated carbocycles. The van der Waals surface area contributed by atoms with Gasteiger partial charge in [-0.1, -0.05) is 0 Å². The van der Waals surface area contributed by atoms with Gasteiger partial charge in [0.05, 0.1) is 5.69 Å². The number of hydrogen-bond acceptors (Lipinski definition) is 4. The highest BCUT2D eigenvalue weighted by Gasteiger charge is 2.17. The number of aromatic nitrogens is 1. The molecule has 0 bridgehead atoms. The number of aryl methyl sites for hydroxylation is 1. The molecule has 1 unspecified atom stereocenters. The second kappa shape index (κ2) is 5.36. The van der Waals surface area contributed by atoms with Crippen molar-refractivity contribution in [1.29, 1.82) is 0 Å². The number of nitrogens with one attached hydrogen (secondary N) is 1. The highest BCUT2D eigenvalue weighted by molar-refractivity contribution is 5.61. The van der Waals surface area contributed by atoms with Gasteiger partial charge in [-0.05, 0) is 51.4 Å². The standard InChI is InChI=1S/C13H22N4/c1-10-7-12(14)13(15-8-10)16-9-11(2)17-5-3-4-6-17/h7-8,11H,3-6,9,14H2,1-2H3,(H,15,16). The molecule has 1 atom stereocenters. The van der Waals surface area contributed by atoms with E-state index in [1.807, 2.05) is 19.2 Å². The van der Waals surface area contributed by atoms with E-state index in [0.717, 1.165) is 23.6 Å². The summed E-state index contributed by atoms with van der Waals surface area (Å²) in [7, 11) is 0. The van der Waals surface area contributed by atoms with Crippen LogP contribution in [0.25, 0.3) is 0 Å². The van der Waals surface area contributed by atoms with Crippen LogP contribution in [-0.2, 0) is 0 Å². The van der Waals surface area contributed by atoms with Crippen LogP contribution in [0.3, 0.4) is 0 Å². The third-order valence-electron chi connectivity index (χ3n) is 3.38. The van der Waals surface area contributed by atoms with Crippen molar-refractivity contribution in [2.45, 2.75) is 32.7 Å². The molecule has 0 amide bonds. The maximum absolute atomic E-state index is 5.92. The van der Waals surface area contributed by atoms with Crippen LogP contribution in [0.5, 0.6) is 0 Å². The van der Waals surface area contributed by atoms with E-state index in [4.69, 9.17) is 5.73 Å². The summed E-state index contributed by atoms with van der Waals surface area (Å²) in [6.07, 6.45) is 4.50. The Morgan fingerprint density at radius 1 is 1.47 bits per heavy atom. The molecule has 0 spiro atoms. The van der Waals surface area contributed by atoms with Crippen molar-refractivity contribution in [2.24, 2.45) is 0 Å². The number of nitrogens with two attached hydrogens (primary N) is 1. The fourth-order valence-corrected chi connectivity index (χ4v) is 2.30. The van der Waals surface area contributed by atoms with E-state index in [2.05, 4.69) is 22.1 Å². The highest BCUT2D eigenvalue weighted by atomic mass is 15.2. The molecule has 94 valence electrons. The van der Waals surface area contributed by atoms with Crippen LogP contribution in [-0.4, -0.2) is 35.6 Å². The van der Waals surface area contributed by atoms with Gasteiger partial charge in [-0.25, -0.2) is 4.98 Å². The average Bonchev–Trinajstić information content (AvgIpc) is 2.81. The normalized spacial score (nSPS) is 18.2. The first-order valence-corrected chi connectivity index (χ1v) is 6.37. The molecule has 1 fully saturated rings. The largest absolute Gasteiger partial charge is 0.396 e. The van der Waals surface area contributed by atoms with Crippen molar-refractivity contribution in [3.8, 4) is 0 Å². The number of nitrogens with zero attached hydrogens (tertiary/aromatic N) is 2. The van der Waals surface area contributed by atoms with E-state index in [0.29, 0.717) is 6.04 Å². The summed E-state index contributed by atoms with van der Waals surface area (Å²) >= 11 is 0. The third kappa shape index (κ3) is 3.09. The molecule has 0 radical (unpaired) electrons. The summed E-state index contributed by atoms with van der Waals surface area (Å²) in [6.45, 7) is 7.60. The number of pyridine rings is 1. The van der Waals surface area contributed by atoms with Crippen LogP contribution in [0.4, 0.5) is 11.5 Å². The maximum Gasteiger partial charge on any atom is 0.149 e. The van der Waals surface area contributed by atoms with E-state index < -0.39 is 0 Å². The minimum atomic E-state index is 0.542. The van der Waals surface area contributed by atoms with Gasteiger partial charge >= 0.3 is 0 Å². The van der Waals surface area contributed by atoms with Crippen LogP contribution in [0.1, 0.15) is 25.3 Å². The van der Waals surface area contributed by atoms with Gasteiger partial charge in [-0.15, -0.1) is 0 Å². The lowest BCUT2D eigenvalue weighted by Gasteiger charge is -2.24. The lowest BCUT2D eigenvalue weighted by molar-refractivity contribution is 0.269. The molecule has 1 aliphatic heterocycles. The number of likely N-dealkylation sites (tertiary alicyclic amines) is 1. The summed E-state index contributed by atoms with van der Waals surface area (Å²) in [5.74, 6) is 0.807. The van der Waals surface area contributed by atoms with Crippen LogP contribution in [0.15, 0.2) is 12.3 Å². The number of anilines is 2. The monoisotopic (exact) mass is 234 g/mol. The van der Waals surface area contributed by atoms with Crippen molar-refractivity contribution in [3.63, 3.8) is 0 Å². The summed E-state index contributed by atoms with van der Waals surface area (Å²) in [5, 5.41) is 3.34. The summed E-state index contributed by atoms with van der Waals surface area (Å²) in [4.78, 5) is 6.83. The van der Waals surface area contributed by atoms with Crippen LogP contribution >= 0.6 is 0 Å². The predicted molar refractivity (Wildman–Crippen MR) is 72.1 cm³/mol. The van der Waals surface area contributed by atoms with Gasteiger partial charge in [-0.2, -0.15) is 0 Å². The van der Waals surface area contributed by atoms with E-state index in [1.165, 1.54) is 25.9 Å². The van der Waals surface area contributed by atoms with Gasteiger partial charge in [-0.3, -0.25) is 4.90 Å². The van der Waals surface area contributed by atoms with E-state index in [-0.39, 0.29) is 0 Å². The zero-order valence-electron chi connectivity index (χ0n) is 10.7. The third-order valence-corrected chi connectivity index (χ3v) is 3.38. The molecule has 3 N–H and O–H groups in total. The molecule has 4 nitrogen and oxygen atoms in total. The van der Waals surface area contributed by atoms with Gasteiger partial charge < -0.3 is 11.1 Å². The van der Waals surface area contributed by atoms with Crippen molar-refractivity contribution in [2.75, 3.05) is 30.7 Å². The number of hydrogen-bond donors (Lipinski definition) is 2. The average molecular weight is 234 g/mol. The Bertz CT molecular complexity index is 372. The van der Waals surface area contributed by atoms with Gasteiger partial charge in [0.25, 0.3) is 0 Å². The molecule has 1 aromatic rings. The fraction of sp³-hybridized carbons (Fsp3) is 0.615. The molecule has 1 saturated heterocycles. The first-order valence-electron chi connectivity index (χ1n) is 6.37. The Kier molecular flexibility index (Phi) is 3.84. The first-order chi connectivity index (χ1) is 8.16. The zero-order chi connectivity index (χ0) is 12.3. The molecule has 0 aliphatic carbocycles. The van der Waals surface area contributed by atoms with Crippen molar-refractivity contribution in [1.82, 2.24) is 9.88 Å². The van der Waals surface area contributed by atoms with Crippen LogP contribution < -0.4 is 11.1 Å². The van der Waals surface area contributed by atoms with Gasteiger partial charge in [0.15, 0.2) is 0 Å². The minimum absolute atomic E-state index is 0.542. The number of rotatable bonds is 4. The Morgan fingerprint density at radius 2 is 2.18 bits per heavy atom. The summed E-state index contributed by atoms with van der Waals surface area (Å²) in [6, 6.07) is 2.50. The first kappa shape index (κ1) is 12.2. The quantitative estimate of drug-likeness (QED) is 0.835. The van der Waals surface area contributed by atoms with Crippen molar-refractivity contribution in [3.05, 3.63) is 17.8 Å². The molecule has 4 heteroatoms. The maximum atomic E-state index is 5.92. The Labute approximate surface area is 103 Å². The Hall–Kier alpha value is -1.29. The lowest BCUT2D eigenvalue weighted by atomic mass is 10.2. The summed E-state index contributed by atoms with van der Waals surface area (Å²) < 4.78 is 0. The van der Waals surface area contributed by atoms with Crippen LogP contribution in [0, 0.1) is 6.92 Å². The van der Waals surface area contributed by atoms with E-state index in [9.17, 15) is 0 Å². The van der Waals surface area contributed by atoms with Gasteiger partial charge in [0, 0.05) is 18.8 Å². The molecule has 2 heterocycles. The summed E-state index contributed by atoms with van der Waals surface area (Å²) in [5.41, 5.74) is 7.76. The number of nitrogen functional groups attached to an aromatic ring is 1. The molecular weight excluding hydrogens is 212 g/mol. The second-order valence-corrected chi connectivity index (χ2v) is 4.92. The predicted octanol–water partition coefficient (Wildman–Crippen LogP) is 1.87. The van der Waals surface area contributed by atoms with Crippen LogP contribution in [0.2, 0.25) is 0 Å². The topological polar surface area (TPSA) is 54.2 Å². The molecular formula is C13H22N4. The lowest BCUT2D eigenvalue weighted by Crippen LogP contribution is -2.35. The highest BCUT2D eigenvalue weighted by Crippen LogP contribution is 2.17. The molecule has 17 heavy (non-hydrogen) atoms. The zero-order valence-corrected chi connectivity index (χ0v) is 10.7. The molecule has 1 aromatic heterocycles. The smallest absolute Gasteiger partial charge is 0.149 e. The SMILES string of the molecule is Cc1cnc(NCC(C)N2CCCC2)c(N)c1. The molecule has 2 rings (SSSR count). The minimum Gasteiger partial charge on any atom is -0.396 e. The van der Waals surface area contributed by atoms with Gasteiger partial charge in [0.1, 0.15) is 5.82 Å². The Morgan fingerprint density at radius 3 is 2.82 bits per heavy atom. The van der Waals surface area contributed by atoms with Crippen molar-refractivity contribution >= 4 is 11.5 Å². The Balaban J connectivity index is 1.88. The van der Waals surface area contributed by atoms with Crippen molar-refractivity contribution < 1.29 is 0 Å². The van der Waals surface area contributed by atoms with Gasteiger partial charge in [0.2, 0.25) is 0 Å². The van der Waals surface area contributed by atoms with E-state index >= 15 is 0 Å². The molecule has 0 aromatic carbocycles. The second-order valence-electron chi connectivity index (χ2n) is 4.92.